The largest absolute Gasteiger partial charge is 0.508 e. The first kappa shape index (κ1) is 22.6. The Hall–Kier alpha value is -2.56. The number of phenols is 1. The molecule has 2 fully saturated rings. The van der Waals surface area contributed by atoms with Crippen LogP contribution in [0, 0.1) is 19.3 Å². The Morgan fingerprint density at radius 2 is 1.69 bits per heavy atom. The number of nitrogens with zero attached hydrogens (tertiary/aromatic N) is 2. The van der Waals surface area contributed by atoms with E-state index in [0.717, 1.165) is 46.9 Å². The van der Waals surface area contributed by atoms with Crippen molar-refractivity contribution < 1.29 is 14.6 Å². The zero-order valence-corrected chi connectivity index (χ0v) is 19.9. The number of phenolic OH excluding ortho intramolecular Hbond substituents is 1. The molecule has 172 valence electrons. The quantitative estimate of drug-likeness (QED) is 0.607. The van der Waals surface area contributed by atoms with Crippen LogP contribution in [0.4, 0.5) is 5.69 Å². The molecule has 1 aliphatic heterocycles. The van der Waals surface area contributed by atoms with Gasteiger partial charge in [0.15, 0.2) is 0 Å². The number of benzene rings is 1. The summed E-state index contributed by atoms with van der Waals surface area (Å²) >= 11 is 0. The fourth-order valence-electron chi connectivity index (χ4n) is 5.68. The molecule has 2 aromatic rings. The van der Waals surface area contributed by atoms with E-state index in [2.05, 4.69) is 4.90 Å². The maximum absolute atomic E-state index is 12.7. The summed E-state index contributed by atoms with van der Waals surface area (Å²) in [6.45, 7) is 9.80. The molecular weight excluding hydrogens is 400 g/mol. The number of pyridine rings is 1. The van der Waals surface area contributed by atoms with E-state index < -0.39 is 0 Å². The molecule has 2 heterocycles. The molecule has 1 aliphatic carbocycles. The first-order valence-corrected chi connectivity index (χ1v) is 12.0. The van der Waals surface area contributed by atoms with Gasteiger partial charge in [0.2, 0.25) is 0 Å². The number of hydrogen-bond acceptors (Lipinski definition) is 5. The van der Waals surface area contributed by atoms with Crippen molar-refractivity contribution in [2.24, 2.45) is 5.41 Å². The fourth-order valence-corrected chi connectivity index (χ4v) is 5.68. The van der Waals surface area contributed by atoms with Crippen molar-refractivity contribution in [3.05, 3.63) is 41.2 Å². The van der Waals surface area contributed by atoms with Crippen LogP contribution < -0.4 is 4.90 Å². The Balaban J connectivity index is 1.78. The Kier molecular flexibility index (Phi) is 6.45. The van der Waals surface area contributed by atoms with E-state index in [0.29, 0.717) is 5.41 Å². The van der Waals surface area contributed by atoms with E-state index in [1.54, 1.807) is 12.1 Å². The number of esters is 1. The number of ether oxygens (including phenoxy) is 1. The fraction of sp³-hybridized carbons (Fsp3) is 0.556. The molecule has 1 N–H and O–H groups in total. The topological polar surface area (TPSA) is 62.7 Å². The van der Waals surface area contributed by atoms with Gasteiger partial charge in [-0.3, -0.25) is 9.78 Å². The first-order chi connectivity index (χ1) is 15.3. The first-order valence-electron chi connectivity index (χ1n) is 12.0. The van der Waals surface area contributed by atoms with Crippen molar-refractivity contribution in [2.45, 2.75) is 78.7 Å². The van der Waals surface area contributed by atoms with Crippen LogP contribution in [0.2, 0.25) is 0 Å². The molecule has 5 nitrogen and oxygen atoms in total. The summed E-state index contributed by atoms with van der Waals surface area (Å²) in [5.41, 5.74) is 6.52. The van der Waals surface area contributed by atoms with Gasteiger partial charge in [-0.05, 0) is 76.5 Å². The summed E-state index contributed by atoms with van der Waals surface area (Å²) in [7, 11) is 0. The highest BCUT2D eigenvalue weighted by molar-refractivity contribution is 5.87. The van der Waals surface area contributed by atoms with Gasteiger partial charge in [0.1, 0.15) is 5.75 Å². The number of carbonyl (C=O) groups excluding carboxylic acids is 1. The molecule has 0 bridgehead atoms. The summed E-state index contributed by atoms with van der Waals surface area (Å²) in [4.78, 5) is 20.0. The molecule has 0 radical (unpaired) electrons. The lowest BCUT2D eigenvalue weighted by Gasteiger charge is -2.42. The molecule has 0 amide bonds. The van der Waals surface area contributed by atoms with Crippen molar-refractivity contribution in [3.63, 3.8) is 0 Å². The second-order valence-electron chi connectivity index (χ2n) is 9.94. The van der Waals surface area contributed by atoms with E-state index in [1.807, 2.05) is 39.8 Å². The number of anilines is 1. The molecule has 0 atom stereocenters. The van der Waals surface area contributed by atoms with Gasteiger partial charge in [-0.1, -0.05) is 25.0 Å². The minimum Gasteiger partial charge on any atom is -0.508 e. The lowest BCUT2D eigenvalue weighted by Crippen LogP contribution is -2.40. The summed E-state index contributed by atoms with van der Waals surface area (Å²) < 4.78 is 5.50. The lowest BCUT2D eigenvalue weighted by molar-refractivity contribution is -0.146. The van der Waals surface area contributed by atoms with E-state index >= 15 is 0 Å². The molecule has 1 saturated heterocycles. The Morgan fingerprint density at radius 1 is 1.06 bits per heavy atom. The normalized spacial score (nSPS) is 17.8. The highest BCUT2D eigenvalue weighted by Crippen LogP contribution is 2.48. The number of carbonyl (C=O) groups is 1. The third kappa shape index (κ3) is 4.62. The molecule has 1 saturated carbocycles. The highest BCUT2D eigenvalue weighted by Gasteiger charge is 2.38. The van der Waals surface area contributed by atoms with Gasteiger partial charge in [-0.15, -0.1) is 0 Å². The monoisotopic (exact) mass is 436 g/mol. The van der Waals surface area contributed by atoms with E-state index in [-0.39, 0.29) is 24.2 Å². The number of aryl methyl sites for hydroxylation is 2. The van der Waals surface area contributed by atoms with Gasteiger partial charge in [-0.25, -0.2) is 0 Å². The molecule has 4 rings (SSSR count). The van der Waals surface area contributed by atoms with Crippen molar-refractivity contribution in [1.82, 2.24) is 4.98 Å². The number of aromatic hydroxyl groups is 1. The van der Waals surface area contributed by atoms with Gasteiger partial charge >= 0.3 is 5.97 Å². The Morgan fingerprint density at radius 3 is 2.28 bits per heavy atom. The molecule has 1 spiro atoms. The molecule has 2 aliphatic rings. The molecular formula is C27H36N2O3. The number of rotatable bonds is 5. The van der Waals surface area contributed by atoms with Crippen LogP contribution in [0.5, 0.6) is 5.75 Å². The van der Waals surface area contributed by atoms with E-state index in [1.165, 1.54) is 38.5 Å². The van der Waals surface area contributed by atoms with Gasteiger partial charge in [0.25, 0.3) is 0 Å². The average molecular weight is 437 g/mol. The minimum atomic E-state index is -0.212. The standard InChI is InChI=1S/C27H36N2O3/c1-18(2)32-24(31)17-23-19(3)28-20(4)25(21-7-9-22(30)10-8-21)26(23)29-15-13-27(14-16-29)11-5-6-12-27/h7-10,18,30H,5-6,11-17H2,1-4H3. The van der Waals surface area contributed by atoms with Crippen molar-refractivity contribution in [1.29, 1.82) is 0 Å². The SMILES string of the molecule is Cc1nc(C)c(-c2ccc(O)cc2)c(N2CCC3(CCCC3)CC2)c1CC(=O)OC(C)C. The summed E-state index contributed by atoms with van der Waals surface area (Å²) in [5, 5.41) is 9.82. The van der Waals surface area contributed by atoms with Crippen molar-refractivity contribution in [3.8, 4) is 16.9 Å². The zero-order chi connectivity index (χ0) is 22.9. The maximum atomic E-state index is 12.7. The summed E-state index contributed by atoms with van der Waals surface area (Å²) in [6.07, 6.45) is 7.92. The van der Waals surface area contributed by atoms with Gasteiger partial charge in [0.05, 0.1) is 18.2 Å². The molecule has 5 heteroatoms. The van der Waals surface area contributed by atoms with E-state index in [9.17, 15) is 9.90 Å². The van der Waals surface area contributed by atoms with Crippen LogP contribution in [0.1, 0.15) is 69.3 Å². The molecule has 1 aromatic carbocycles. The number of hydrogen-bond donors (Lipinski definition) is 1. The molecule has 32 heavy (non-hydrogen) atoms. The smallest absolute Gasteiger partial charge is 0.310 e. The zero-order valence-electron chi connectivity index (χ0n) is 19.9. The number of piperidine rings is 1. The average Bonchev–Trinajstić information content (AvgIpc) is 3.19. The summed E-state index contributed by atoms with van der Waals surface area (Å²) in [6, 6.07) is 7.32. The maximum Gasteiger partial charge on any atom is 0.310 e. The highest BCUT2D eigenvalue weighted by atomic mass is 16.5. The van der Waals surface area contributed by atoms with E-state index in [4.69, 9.17) is 9.72 Å². The minimum absolute atomic E-state index is 0.140. The van der Waals surface area contributed by atoms with Crippen LogP contribution in [0.15, 0.2) is 24.3 Å². The van der Waals surface area contributed by atoms with Crippen LogP contribution in [0.25, 0.3) is 11.1 Å². The van der Waals surface area contributed by atoms with Gasteiger partial charge in [0, 0.05) is 35.6 Å². The van der Waals surface area contributed by atoms with Crippen LogP contribution >= 0.6 is 0 Å². The van der Waals surface area contributed by atoms with Crippen LogP contribution in [-0.2, 0) is 16.0 Å². The summed E-state index contributed by atoms with van der Waals surface area (Å²) in [5.74, 6) is 0.0332. The van der Waals surface area contributed by atoms with Gasteiger partial charge in [-0.2, -0.15) is 0 Å². The number of aromatic nitrogens is 1. The molecule has 1 aromatic heterocycles. The Labute approximate surface area is 191 Å². The molecule has 0 unspecified atom stereocenters. The third-order valence-electron chi connectivity index (χ3n) is 7.31. The predicted octanol–water partition coefficient (Wildman–Crippen LogP) is 5.73. The lowest BCUT2D eigenvalue weighted by atomic mass is 9.76. The van der Waals surface area contributed by atoms with Crippen LogP contribution in [0.3, 0.4) is 0 Å². The van der Waals surface area contributed by atoms with Crippen molar-refractivity contribution >= 4 is 11.7 Å². The predicted molar refractivity (Wildman–Crippen MR) is 128 cm³/mol. The Bertz CT molecular complexity index is 965. The third-order valence-corrected chi connectivity index (χ3v) is 7.31. The van der Waals surface area contributed by atoms with Gasteiger partial charge < -0.3 is 14.7 Å². The second-order valence-corrected chi connectivity index (χ2v) is 9.94. The van der Waals surface area contributed by atoms with Crippen LogP contribution in [-0.4, -0.2) is 35.3 Å². The van der Waals surface area contributed by atoms with Crippen molar-refractivity contribution in [2.75, 3.05) is 18.0 Å². The second kappa shape index (κ2) is 9.13.